The van der Waals surface area contributed by atoms with Crippen molar-refractivity contribution in [2.75, 3.05) is 19.6 Å². The van der Waals surface area contributed by atoms with E-state index in [1.807, 2.05) is 29.0 Å². The molecule has 114 valence electrons. The highest BCUT2D eigenvalue weighted by molar-refractivity contribution is 5.94. The minimum Gasteiger partial charge on any atom is -0.357 e. The van der Waals surface area contributed by atoms with Gasteiger partial charge in [0, 0.05) is 38.3 Å². The Morgan fingerprint density at radius 3 is 2.86 bits per heavy atom. The molecule has 1 N–H and O–H groups in total. The van der Waals surface area contributed by atoms with Gasteiger partial charge in [-0.2, -0.15) is 0 Å². The fraction of sp³-hybridized carbons (Fsp3) is 0.625. The quantitative estimate of drug-likeness (QED) is 0.924. The number of likely N-dealkylation sites (tertiary alicyclic amines) is 2. The Kier molecular flexibility index (Phi) is 3.99. The predicted octanol–water partition coefficient (Wildman–Crippen LogP) is 1.94. The summed E-state index contributed by atoms with van der Waals surface area (Å²) in [5, 5.41) is 0. The molecule has 2 fully saturated rings. The summed E-state index contributed by atoms with van der Waals surface area (Å²) in [4.78, 5) is 31.5. The van der Waals surface area contributed by atoms with E-state index in [-0.39, 0.29) is 17.9 Å². The van der Waals surface area contributed by atoms with E-state index in [0.717, 1.165) is 44.3 Å². The molecule has 0 bridgehead atoms. The molecule has 0 aliphatic carbocycles. The molecular weight excluding hydrogens is 266 g/mol. The Hall–Kier alpha value is -1.78. The van der Waals surface area contributed by atoms with Gasteiger partial charge in [-0.3, -0.25) is 9.59 Å². The van der Waals surface area contributed by atoms with Gasteiger partial charge in [0.05, 0.1) is 0 Å². The van der Waals surface area contributed by atoms with Crippen molar-refractivity contribution in [1.29, 1.82) is 0 Å². The van der Waals surface area contributed by atoms with Crippen LogP contribution in [0.25, 0.3) is 0 Å². The number of aromatic nitrogens is 1. The third kappa shape index (κ3) is 2.82. The second kappa shape index (κ2) is 5.92. The SMILES string of the molecule is Cc1cc[nH]c1C(=O)N1CCCCC1CN1CCCC1=O. The summed E-state index contributed by atoms with van der Waals surface area (Å²) in [5.74, 6) is 0.317. The van der Waals surface area contributed by atoms with Gasteiger partial charge in [-0.1, -0.05) is 0 Å². The standard InChI is InChI=1S/C16H23N3O2/c1-12-7-8-17-15(12)16(21)19-10-3-2-5-13(19)11-18-9-4-6-14(18)20/h7-8,13,17H,2-6,9-11H2,1H3. The van der Waals surface area contributed by atoms with Gasteiger partial charge >= 0.3 is 0 Å². The van der Waals surface area contributed by atoms with Crippen molar-refractivity contribution in [3.05, 3.63) is 23.5 Å². The number of carbonyl (C=O) groups is 2. The summed E-state index contributed by atoms with van der Waals surface area (Å²) < 4.78 is 0. The molecule has 1 aromatic rings. The second-order valence-electron chi connectivity index (χ2n) is 6.13. The van der Waals surface area contributed by atoms with Gasteiger partial charge in [0.1, 0.15) is 5.69 Å². The largest absolute Gasteiger partial charge is 0.357 e. The van der Waals surface area contributed by atoms with Crippen LogP contribution in [0.4, 0.5) is 0 Å². The van der Waals surface area contributed by atoms with Crippen molar-refractivity contribution >= 4 is 11.8 Å². The zero-order chi connectivity index (χ0) is 14.8. The molecule has 2 aliphatic heterocycles. The molecule has 21 heavy (non-hydrogen) atoms. The number of aryl methyl sites for hydroxylation is 1. The lowest BCUT2D eigenvalue weighted by Gasteiger charge is -2.37. The maximum absolute atomic E-state index is 12.7. The number of piperidine rings is 1. The molecule has 1 unspecified atom stereocenters. The van der Waals surface area contributed by atoms with Crippen LogP contribution in [0.2, 0.25) is 0 Å². The number of nitrogens with zero attached hydrogens (tertiary/aromatic N) is 2. The molecule has 0 aromatic carbocycles. The average molecular weight is 289 g/mol. The highest BCUT2D eigenvalue weighted by Gasteiger charge is 2.32. The Morgan fingerprint density at radius 1 is 1.33 bits per heavy atom. The molecule has 5 heteroatoms. The van der Waals surface area contributed by atoms with Crippen LogP contribution in [-0.2, 0) is 4.79 Å². The summed E-state index contributed by atoms with van der Waals surface area (Å²) >= 11 is 0. The monoisotopic (exact) mass is 289 g/mol. The first-order chi connectivity index (χ1) is 10.2. The van der Waals surface area contributed by atoms with E-state index in [1.54, 1.807) is 0 Å². The normalized spacial score (nSPS) is 22.9. The Morgan fingerprint density at radius 2 is 2.19 bits per heavy atom. The Balaban J connectivity index is 1.73. The van der Waals surface area contributed by atoms with Crippen molar-refractivity contribution in [2.45, 2.75) is 45.1 Å². The van der Waals surface area contributed by atoms with Gasteiger partial charge < -0.3 is 14.8 Å². The number of H-pyrrole nitrogens is 1. The fourth-order valence-electron chi connectivity index (χ4n) is 3.43. The zero-order valence-electron chi connectivity index (χ0n) is 12.6. The van der Waals surface area contributed by atoms with E-state index < -0.39 is 0 Å². The number of rotatable bonds is 3. The van der Waals surface area contributed by atoms with Crippen molar-refractivity contribution in [3.63, 3.8) is 0 Å². The number of aromatic amines is 1. The zero-order valence-corrected chi connectivity index (χ0v) is 12.6. The molecule has 3 rings (SSSR count). The first-order valence-corrected chi connectivity index (χ1v) is 7.89. The van der Waals surface area contributed by atoms with Crippen LogP contribution in [-0.4, -0.2) is 52.3 Å². The molecule has 3 heterocycles. The molecular formula is C16H23N3O2. The van der Waals surface area contributed by atoms with E-state index in [4.69, 9.17) is 0 Å². The van der Waals surface area contributed by atoms with Gasteiger partial charge in [-0.05, 0) is 44.2 Å². The van der Waals surface area contributed by atoms with E-state index in [1.165, 1.54) is 0 Å². The smallest absolute Gasteiger partial charge is 0.270 e. The van der Waals surface area contributed by atoms with Gasteiger partial charge in [-0.15, -0.1) is 0 Å². The number of hydrogen-bond acceptors (Lipinski definition) is 2. The van der Waals surface area contributed by atoms with Crippen LogP contribution < -0.4 is 0 Å². The van der Waals surface area contributed by atoms with E-state index in [0.29, 0.717) is 18.7 Å². The maximum atomic E-state index is 12.7. The Labute approximate surface area is 125 Å². The summed E-state index contributed by atoms with van der Waals surface area (Å²) in [6.45, 7) is 4.29. The number of carbonyl (C=O) groups excluding carboxylic acids is 2. The average Bonchev–Trinajstić information content (AvgIpc) is 3.08. The van der Waals surface area contributed by atoms with Gasteiger partial charge in [0.15, 0.2) is 0 Å². The molecule has 0 spiro atoms. The first kappa shape index (κ1) is 14.2. The number of nitrogens with one attached hydrogen (secondary N) is 1. The molecule has 1 atom stereocenters. The van der Waals surface area contributed by atoms with Crippen molar-refractivity contribution in [1.82, 2.24) is 14.8 Å². The molecule has 0 radical (unpaired) electrons. The highest BCUT2D eigenvalue weighted by atomic mass is 16.2. The van der Waals surface area contributed by atoms with E-state index in [2.05, 4.69) is 4.98 Å². The molecule has 1 aromatic heterocycles. The van der Waals surface area contributed by atoms with Crippen LogP contribution in [0.15, 0.2) is 12.3 Å². The summed E-state index contributed by atoms with van der Waals surface area (Å²) in [5.41, 5.74) is 1.68. The topological polar surface area (TPSA) is 56.4 Å². The van der Waals surface area contributed by atoms with Crippen LogP contribution in [0, 0.1) is 6.92 Å². The molecule has 2 aliphatic rings. The number of amides is 2. The fourth-order valence-corrected chi connectivity index (χ4v) is 3.43. The highest BCUT2D eigenvalue weighted by Crippen LogP contribution is 2.23. The van der Waals surface area contributed by atoms with E-state index >= 15 is 0 Å². The molecule has 5 nitrogen and oxygen atoms in total. The second-order valence-corrected chi connectivity index (χ2v) is 6.13. The lowest BCUT2D eigenvalue weighted by molar-refractivity contribution is -0.128. The Bertz CT molecular complexity index is 537. The van der Waals surface area contributed by atoms with Gasteiger partial charge in [0.2, 0.25) is 5.91 Å². The van der Waals surface area contributed by atoms with Crippen LogP contribution in [0.5, 0.6) is 0 Å². The van der Waals surface area contributed by atoms with Crippen LogP contribution in [0.1, 0.15) is 48.2 Å². The summed E-state index contributed by atoms with van der Waals surface area (Å²) in [6.07, 6.45) is 6.61. The lowest BCUT2D eigenvalue weighted by Crippen LogP contribution is -2.50. The van der Waals surface area contributed by atoms with Crippen molar-refractivity contribution in [3.8, 4) is 0 Å². The van der Waals surface area contributed by atoms with Crippen LogP contribution >= 0.6 is 0 Å². The molecule has 2 amide bonds. The lowest BCUT2D eigenvalue weighted by atomic mass is 10.0. The van der Waals surface area contributed by atoms with Crippen molar-refractivity contribution < 1.29 is 9.59 Å². The minimum absolute atomic E-state index is 0.0776. The minimum atomic E-state index is 0.0776. The molecule has 2 saturated heterocycles. The third-order valence-corrected chi connectivity index (χ3v) is 4.66. The van der Waals surface area contributed by atoms with Crippen LogP contribution in [0.3, 0.4) is 0 Å². The van der Waals surface area contributed by atoms with Gasteiger partial charge in [-0.25, -0.2) is 0 Å². The van der Waals surface area contributed by atoms with E-state index in [9.17, 15) is 9.59 Å². The third-order valence-electron chi connectivity index (χ3n) is 4.66. The number of hydrogen-bond donors (Lipinski definition) is 1. The first-order valence-electron chi connectivity index (χ1n) is 7.89. The molecule has 0 saturated carbocycles. The predicted molar refractivity (Wildman–Crippen MR) is 80.0 cm³/mol. The van der Waals surface area contributed by atoms with Crippen molar-refractivity contribution in [2.24, 2.45) is 0 Å². The summed E-state index contributed by atoms with van der Waals surface area (Å²) in [6, 6.07) is 2.09. The summed E-state index contributed by atoms with van der Waals surface area (Å²) in [7, 11) is 0. The van der Waals surface area contributed by atoms with Gasteiger partial charge in [0.25, 0.3) is 5.91 Å². The maximum Gasteiger partial charge on any atom is 0.270 e.